The number of nitrogens with zero attached hydrogens (tertiary/aromatic N) is 1. The SMILES string of the molecule is CCC1NN(C)CC1c1cc(F)cc(C(=O)NC[C@@H](N)C(=O)O)c1. The van der Waals surface area contributed by atoms with Crippen molar-refractivity contribution in [2.45, 2.75) is 31.3 Å². The Hall–Kier alpha value is -2.03. The molecule has 7 nitrogen and oxygen atoms in total. The van der Waals surface area contributed by atoms with Crippen molar-refractivity contribution in [1.82, 2.24) is 15.8 Å². The summed E-state index contributed by atoms with van der Waals surface area (Å²) in [6.07, 6.45) is 0.876. The molecule has 1 saturated heterocycles. The Morgan fingerprint density at radius 1 is 1.50 bits per heavy atom. The summed E-state index contributed by atoms with van der Waals surface area (Å²) in [6.45, 7) is 2.54. The minimum atomic E-state index is -1.21. The summed E-state index contributed by atoms with van der Waals surface area (Å²) in [5.74, 6) is -2.17. The molecule has 1 aromatic carbocycles. The van der Waals surface area contributed by atoms with Crippen molar-refractivity contribution in [3.05, 3.63) is 35.1 Å². The van der Waals surface area contributed by atoms with Gasteiger partial charge in [-0.15, -0.1) is 0 Å². The van der Waals surface area contributed by atoms with E-state index in [9.17, 15) is 14.0 Å². The predicted octanol–water partition coefficient (Wildman–Crippen LogP) is 0.280. The second-order valence-electron chi connectivity index (χ2n) is 6.06. The highest BCUT2D eigenvalue weighted by molar-refractivity contribution is 5.94. The average Bonchev–Trinajstić information content (AvgIpc) is 2.92. The van der Waals surface area contributed by atoms with Gasteiger partial charge < -0.3 is 16.2 Å². The Bertz CT molecular complexity index is 625. The second kappa shape index (κ2) is 7.69. The minimum absolute atomic E-state index is 0.0727. The van der Waals surface area contributed by atoms with Crippen LogP contribution in [-0.4, -0.2) is 54.2 Å². The van der Waals surface area contributed by atoms with Crippen LogP contribution in [0.2, 0.25) is 0 Å². The monoisotopic (exact) mass is 338 g/mol. The molecule has 0 bridgehead atoms. The van der Waals surface area contributed by atoms with Crippen LogP contribution in [0, 0.1) is 5.82 Å². The number of carboxylic acid groups (broad SMARTS) is 1. The number of hydrazine groups is 1. The van der Waals surface area contributed by atoms with E-state index in [-0.39, 0.29) is 24.1 Å². The molecule has 5 N–H and O–H groups in total. The molecular weight excluding hydrogens is 315 g/mol. The van der Waals surface area contributed by atoms with Gasteiger partial charge in [-0.3, -0.25) is 15.0 Å². The number of carbonyl (C=O) groups excluding carboxylic acids is 1. The van der Waals surface area contributed by atoms with Crippen LogP contribution in [0.1, 0.15) is 35.2 Å². The first-order chi connectivity index (χ1) is 11.3. The molecule has 1 aliphatic rings. The van der Waals surface area contributed by atoms with E-state index in [0.29, 0.717) is 6.54 Å². The Morgan fingerprint density at radius 2 is 2.21 bits per heavy atom. The van der Waals surface area contributed by atoms with Crippen molar-refractivity contribution < 1.29 is 19.1 Å². The zero-order chi connectivity index (χ0) is 17.9. The van der Waals surface area contributed by atoms with Crippen LogP contribution in [0.25, 0.3) is 0 Å². The van der Waals surface area contributed by atoms with Crippen LogP contribution in [0.5, 0.6) is 0 Å². The molecule has 1 amide bonds. The maximum absolute atomic E-state index is 14.0. The number of halogens is 1. The van der Waals surface area contributed by atoms with Gasteiger partial charge in [0.05, 0.1) is 0 Å². The lowest BCUT2D eigenvalue weighted by Crippen LogP contribution is -2.42. The zero-order valence-electron chi connectivity index (χ0n) is 13.8. The molecule has 0 spiro atoms. The molecule has 24 heavy (non-hydrogen) atoms. The van der Waals surface area contributed by atoms with Gasteiger partial charge in [-0.2, -0.15) is 0 Å². The Balaban J connectivity index is 2.16. The maximum Gasteiger partial charge on any atom is 0.322 e. The fourth-order valence-corrected chi connectivity index (χ4v) is 2.91. The van der Waals surface area contributed by atoms with Crippen molar-refractivity contribution in [2.75, 3.05) is 20.1 Å². The summed E-state index contributed by atoms with van der Waals surface area (Å²) >= 11 is 0. The Labute approximate surface area is 140 Å². The summed E-state index contributed by atoms with van der Waals surface area (Å²) in [6, 6.07) is 3.21. The van der Waals surface area contributed by atoms with Gasteiger partial charge in [0, 0.05) is 37.7 Å². The molecule has 0 saturated carbocycles. The first-order valence-corrected chi connectivity index (χ1v) is 7.86. The molecule has 1 heterocycles. The number of amides is 1. The van der Waals surface area contributed by atoms with Gasteiger partial charge in [0.25, 0.3) is 5.91 Å². The van der Waals surface area contributed by atoms with E-state index in [4.69, 9.17) is 10.8 Å². The van der Waals surface area contributed by atoms with Crippen LogP contribution in [0.15, 0.2) is 18.2 Å². The highest BCUT2D eigenvalue weighted by atomic mass is 19.1. The lowest BCUT2D eigenvalue weighted by Gasteiger charge is -2.18. The van der Waals surface area contributed by atoms with E-state index in [0.717, 1.165) is 18.1 Å². The first-order valence-electron chi connectivity index (χ1n) is 7.86. The fourth-order valence-electron chi connectivity index (χ4n) is 2.91. The molecule has 0 aromatic heterocycles. The number of hydrogen-bond acceptors (Lipinski definition) is 5. The summed E-state index contributed by atoms with van der Waals surface area (Å²) in [5.41, 5.74) is 9.55. The van der Waals surface area contributed by atoms with Crippen molar-refractivity contribution in [3.63, 3.8) is 0 Å². The topological polar surface area (TPSA) is 108 Å². The lowest BCUT2D eigenvalue weighted by molar-refractivity contribution is -0.138. The van der Waals surface area contributed by atoms with Crippen LogP contribution in [-0.2, 0) is 4.79 Å². The molecule has 1 aromatic rings. The lowest BCUT2D eigenvalue weighted by atomic mass is 9.90. The van der Waals surface area contributed by atoms with Gasteiger partial charge in [-0.05, 0) is 30.2 Å². The minimum Gasteiger partial charge on any atom is -0.480 e. The van der Waals surface area contributed by atoms with E-state index >= 15 is 0 Å². The molecule has 0 aliphatic carbocycles. The molecule has 3 atom stereocenters. The quantitative estimate of drug-likeness (QED) is 0.593. The largest absolute Gasteiger partial charge is 0.480 e. The van der Waals surface area contributed by atoms with Gasteiger partial charge in [0.1, 0.15) is 11.9 Å². The van der Waals surface area contributed by atoms with Crippen molar-refractivity contribution in [3.8, 4) is 0 Å². The molecule has 0 radical (unpaired) electrons. The summed E-state index contributed by atoms with van der Waals surface area (Å²) in [7, 11) is 1.92. The molecular formula is C16H23FN4O3. The van der Waals surface area contributed by atoms with E-state index in [1.54, 1.807) is 6.07 Å². The van der Waals surface area contributed by atoms with Crippen LogP contribution in [0.4, 0.5) is 4.39 Å². The first kappa shape index (κ1) is 18.3. The summed E-state index contributed by atoms with van der Waals surface area (Å²) in [4.78, 5) is 22.8. The third-order valence-electron chi connectivity index (χ3n) is 4.19. The Kier molecular flexibility index (Phi) is 5.87. The zero-order valence-corrected chi connectivity index (χ0v) is 13.8. The number of hydrogen-bond donors (Lipinski definition) is 4. The number of aliphatic carboxylic acids is 1. The second-order valence-corrected chi connectivity index (χ2v) is 6.06. The maximum atomic E-state index is 14.0. The molecule has 1 fully saturated rings. The highest BCUT2D eigenvalue weighted by Crippen LogP contribution is 2.28. The van der Waals surface area contributed by atoms with Crippen LogP contribution >= 0.6 is 0 Å². The van der Waals surface area contributed by atoms with E-state index in [1.807, 2.05) is 19.0 Å². The average molecular weight is 338 g/mol. The molecule has 1 aliphatic heterocycles. The molecule has 132 valence electrons. The summed E-state index contributed by atoms with van der Waals surface area (Å²) in [5, 5.41) is 13.1. The molecule has 8 heteroatoms. The molecule has 2 rings (SSSR count). The van der Waals surface area contributed by atoms with Crippen molar-refractivity contribution >= 4 is 11.9 Å². The van der Waals surface area contributed by atoms with Crippen molar-refractivity contribution in [1.29, 1.82) is 0 Å². The molecule has 2 unspecified atom stereocenters. The van der Waals surface area contributed by atoms with Crippen LogP contribution < -0.4 is 16.5 Å². The number of nitrogens with two attached hydrogens (primary N) is 1. The Morgan fingerprint density at radius 3 is 2.83 bits per heavy atom. The smallest absolute Gasteiger partial charge is 0.322 e. The number of carboxylic acids is 1. The van der Waals surface area contributed by atoms with Gasteiger partial charge in [-0.25, -0.2) is 9.40 Å². The number of rotatable bonds is 6. The van der Waals surface area contributed by atoms with E-state index in [1.165, 1.54) is 6.07 Å². The standard InChI is InChI=1S/C16H23FN4O3/c1-3-14-12(8-21(2)20-14)9-4-10(6-11(17)5-9)15(22)19-7-13(18)16(23)24/h4-6,12-14,20H,3,7-8,18H2,1-2H3,(H,19,22)(H,23,24)/t12?,13-,14?/m1/s1. The number of likely N-dealkylation sites (N-methyl/N-ethyl adjacent to an activating group) is 1. The summed E-state index contributed by atoms with van der Waals surface area (Å²) < 4.78 is 14.0. The number of carbonyl (C=O) groups is 2. The predicted molar refractivity (Wildman–Crippen MR) is 86.9 cm³/mol. The number of benzene rings is 1. The van der Waals surface area contributed by atoms with Gasteiger partial charge in [0.15, 0.2) is 0 Å². The van der Waals surface area contributed by atoms with Gasteiger partial charge >= 0.3 is 5.97 Å². The fraction of sp³-hybridized carbons (Fsp3) is 0.500. The third-order valence-corrected chi connectivity index (χ3v) is 4.19. The van der Waals surface area contributed by atoms with Gasteiger partial charge in [0.2, 0.25) is 0 Å². The van der Waals surface area contributed by atoms with E-state index < -0.39 is 23.7 Å². The van der Waals surface area contributed by atoms with E-state index in [2.05, 4.69) is 10.7 Å². The van der Waals surface area contributed by atoms with Crippen molar-refractivity contribution in [2.24, 2.45) is 5.73 Å². The van der Waals surface area contributed by atoms with Crippen LogP contribution in [0.3, 0.4) is 0 Å². The third kappa shape index (κ3) is 4.28. The highest BCUT2D eigenvalue weighted by Gasteiger charge is 2.31. The number of nitrogens with one attached hydrogen (secondary N) is 2. The normalized spacial score (nSPS) is 22.3. The van der Waals surface area contributed by atoms with Gasteiger partial charge in [-0.1, -0.05) is 6.92 Å².